The maximum absolute atomic E-state index is 10.6. The molecule has 2 aromatic rings. The standard InChI is InChI=1S/C13H13NO3/c1-9(13(15)16)17-8-10-4-5-12-11(7-10)3-2-6-14-12/h2-7,9H,8H2,1H3,(H,15,16)/t9-/m0/s1. The number of aromatic nitrogens is 1. The van der Waals surface area contributed by atoms with E-state index in [4.69, 9.17) is 9.84 Å². The second kappa shape index (κ2) is 4.93. The maximum atomic E-state index is 10.6. The third kappa shape index (κ3) is 2.79. The Labute approximate surface area is 98.9 Å². The predicted octanol–water partition coefficient (Wildman–Crippen LogP) is 2.22. The van der Waals surface area contributed by atoms with Gasteiger partial charge in [-0.05, 0) is 30.7 Å². The number of nitrogens with zero attached hydrogens (tertiary/aromatic N) is 1. The van der Waals surface area contributed by atoms with E-state index in [1.807, 2.05) is 30.3 Å². The van der Waals surface area contributed by atoms with E-state index in [1.165, 1.54) is 6.92 Å². The van der Waals surface area contributed by atoms with Gasteiger partial charge >= 0.3 is 5.97 Å². The van der Waals surface area contributed by atoms with Crippen LogP contribution in [0.2, 0.25) is 0 Å². The number of carboxylic acids is 1. The molecule has 0 aliphatic heterocycles. The van der Waals surface area contributed by atoms with Crippen LogP contribution in [-0.2, 0) is 16.1 Å². The van der Waals surface area contributed by atoms with Crippen molar-refractivity contribution in [3.8, 4) is 0 Å². The summed E-state index contributed by atoms with van der Waals surface area (Å²) in [6.07, 6.45) is 0.949. The number of rotatable bonds is 4. The summed E-state index contributed by atoms with van der Waals surface area (Å²) in [5, 5.41) is 9.72. The molecule has 1 aromatic carbocycles. The summed E-state index contributed by atoms with van der Waals surface area (Å²) in [5.74, 6) is -0.951. The Bertz CT molecular complexity index is 539. The van der Waals surface area contributed by atoms with Crippen molar-refractivity contribution < 1.29 is 14.6 Å². The molecule has 0 bridgehead atoms. The zero-order chi connectivity index (χ0) is 12.3. The van der Waals surface area contributed by atoms with Crippen LogP contribution in [0.5, 0.6) is 0 Å². The molecule has 0 fully saturated rings. The molecule has 88 valence electrons. The smallest absolute Gasteiger partial charge is 0.332 e. The third-order valence-corrected chi connectivity index (χ3v) is 2.52. The van der Waals surface area contributed by atoms with Gasteiger partial charge in [-0.3, -0.25) is 4.98 Å². The largest absolute Gasteiger partial charge is 0.479 e. The van der Waals surface area contributed by atoms with E-state index < -0.39 is 12.1 Å². The summed E-state index contributed by atoms with van der Waals surface area (Å²) < 4.78 is 5.22. The van der Waals surface area contributed by atoms with E-state index in [9.17, 15) is 4.79 Å². The molecule has 2 rings (SSSR count). The van der Waals surface area contributed by atoms with Crippen molar-refractivity contribution in [2.45, 2.75) is 19.6 Å². The number of pyridine rings is 1. The maximum Gasteiger partial charge on any atom is 0.332 e. The van der Waals surface area contributed by atoms with Gasteiger partial charge in [-0.15, -0.1) is 0 Å². The molecule has 1 heterocycles. The van der Waals surface area contributed by atoms with Crippen molar-refractivity contribution in [3.63, 3.8) is 0 Å². The highest BCUT2D eigenvalue weighted by molar-refractivity contribution is 5.78. The molecule has 0 spiro atoms. The summed E-state index contributed by atoms with van der Waals surface area (Å²) in [5.41, 5.74) is 1.86. The first-order chi connectivity index (χ1) is 8.16. The van der Waals surface area contributed by atoms with Crippen molar-refractivity contribution in [2.24, 2.45) is 0 Å². The Morgan fingerprint density at radius 3 is 3.06 bits per heavy atom. The Kier molecular flexibility index (Phi) is 3.35. The fraction of sp³-hybridized carbons (Fsp3) is 0.231. The van der Waals surface area contributed by atoms with E-state index in [0.717, 1.165) is 16.5 Å². The second-order valence-corrected chi connectivity index (χ2v) is 3.82. The number of hydrogen-bond acceptors (Lipinski definition) is 3. The van der Waals surface area contributed by atoms with Gasteiger partial charge < -0.3 is 9.84 Å². The zero-order valence-corrected chi connectivity index (χ0v) is 9.46. The monoisotopic (exact) mass is 231 g/mol. The summed E-state index contributed by atoms with van der Waals surface area (Å²) >= 11 is 0. The number of carbonyl (C=O) groups is 1. The van der Waals surface area contributed by atoms with Gasteiger partial charge in [0.25, 0.3) is 0 Å². The van der Waals surface area contributed by atoms with Crippen LogP contribution < -0.4 is 0 Å². The third-order valence-electron chi connectivity index (χ3n) is 2.52. The number of hydrogen-bond donors (Lipinski definition) is 1. The van der Waals surface area contributed by atoms with Crippen LogP contribution in [0.3, 0.4) is 0 Å². The first kappa shape index (κ1) is 11.5. The van der Waals surface area contributed by atoms with Crippen molar-refractivity contribution in [1.29, 1.82) is 0 Å². The topological polar surface area (TPSA) is 59.4 Å². The summed E-state index contributed by atoms with van der Waals surface area (Å²) in [6.45, 7) is 1.81. The van der Waals surface area contributed by atoms with Crippen molar-refractivity contribution >= 4 is 16.9 Å². The van der Waals surface area contributed by atoms with E-state index in [1.54, 1.807) is 6.20 Å². The highest BCUT2D eigenvalue weighted by Gasteiger charge is 2.10. The number of carboxylic acid groups (broad SMARTS) is 1. The molecular weight excluding hydrogens is 218 g/mol. The molecule has 0 radical (unpaired) electrons. The second-order valence-electron chi connectivity index (χ2n) is 3.82. The molecule has 0 saturated carbocycles. The molecular formula is C13H13NO3. The Morgan fingerprint density at radius 1 is 1.47 bits per heavy atom. The van der Waals surface area contributed by atoms with Gasteiger partial charge in [0, 0.05) is 11.6 Å². The molecule has 0 saturated heterocycles. The normalized spacial score (nSPS) is 12.5. The number of ether oxygens (including phenoxy) is 1. The lowest BCUT2D eigenvalue weighted by atomic mass is 10.1. The van der Waals surface area contributed by atoms with E-state index >= 15 is 0 Å². The lowest BCUT2D eigenvalue weighted by Gasteiger charge is -2.08. The molecule has 0 aliphatic rings. The van der Waals surface area contributed by atoms with Crippen LogP contribution in [0.15, 0.2) is 36.5 Å². The lowest BCUT2D eigenvalue weighted by molar-refractivity contribution is -0.149. The minimum Gasteiger partial charge on any atom is -0.479 e. The lowest BCUT2D eigenvalue weighted by Crippen LogP contribution is -2.19. The highest BCUT2D eigenvalue weighted by atomic mass is 16.5. The molecule has 0 amide bonds. The molecule has 4 nitrogen and oxygen atoms in total. The van der Waals surface area contributed by atoms with Gasteiger partial charge in [-0.25, -0.2) is 4.79 Å². The number of benzene rings is 1. The molecule has 4 heteroatoms. The zero-order valence-electron chi connectivity index (χ0n) is 9.46. The van der Waals surface area contributed by atoms with Gasteiger partial charge in [0.15, 0.2) is 6.10 Å². The predicted molar refractivity (Wildman–Crippen MR) is 63.6 cm³/mol. The fourth-order valence-electron chi connectivity index (χ4n) is 1.51. The van der Waals surface area contributed by atoms with Gasteiger partial charge in [0.2, 0.25) is 0 Å². The van der Waals surface area contributed by atoms with Crippen molar-refractivity contribution in [2.75, 3.05) is 0 Å². The first-order valence-corrected chi connectivity index (χ1v) is 5.35. The molecule has 1 aromatic heterocycles. The van der Waals surface area contributed by atoms with E-state index in [-0.39, 0.29) is 6.61 Å². The quantitative estimate of drug-likeness (QED) is 0.876. The van der Waals surface area contributed by atoms with Crippen molar-refractivity contribution in [3.05, 3.63) is 42.1 Å². The summed E-state index contributed by atoms with van der Waals surface area (Å²) in [4.78, 5) is 14.8. The highest BCUT2D eigenvalue weighted by Crippen LogP contribution is 2.14. The van der Waals surface area contributed by atoms with Crippen LogP contribution in [0, 0.1) is 0 Å². The molecule has 0 unspecified atom stereocenters. The van der Waals surface area contributed by atoms with Crippen molar-refractivity contribution in [1.82, 2.24) is 4.98 Å². The fourth-order valence-corrected chi connectivity index (χ4v) is 1.51. The SMILES string of the molecule is C[C@H](OCc1ccc2ncccc2c1)C(=O)O. The van der Waals surface area contributed by atoms with E-state index in [2.05, 4.69) is 4.98 Å². The molecule has 1 atom stereocenters. The Balaban J connectivity index is 2.12. The molecule has 0 aliphatic carbocycles. The van der Waals surface area contributed by atoms with Crippen LogP contribution in [0.4, 0.5) is 0 Å². The summed E-state index contributed by atoms with van der Waals surface area (Å²) in [6, 6.07) is 9.58. The Hall–Kier alpha value is -1.94. The number of fused-ring (bicyclic) bond motifs is 1. The first-order valence-electron chi connectivity index (χ1n) is 5.35. The van der Waals surface area contributed by atoms with Gasteiger partial charge in [-0.1, -0.05) is 12.1 Å². The number of aliphatic carboxylic acids is 1. The van der Waals surface area contributed by atoms with Gasteiger partial charge in [-0.2, -0.15) is 0 Å². The minimum atomic E-state index is -0.951. The Morgan fingerprint density at radius 2 is 2.29 bits per heavy atom. The van der Waals surface area contributed by atoms with Gasteiger partial charge in [0.05, 0.1) is 12.1 Å². The van der Waals surface area contributed by atoms with E-state index in [0.29, 0.717) is 0 Å². The average Bonchev–Trinajstić information content (AvgIpc) is 2.35. The van der Waals surface area contributed by atoms with Crippen LogP contribution in [-0.4, -0.2) is 22.2 Å². The average molecular weight is 231 g/mol. The molecule has 1 N–H and O–H groups in total. The summed E-state index contributed by atoms with van der Waals surface area (Å²) in [7, 11) is 0. The van der Waals surface area contributed by atoms with Crippen LogP contribution in [0.25, 0.3) is 10.9 Å². The van der Waals surface area contributed by atoms with Crippen LogP contribution in [0.1, 0.15) is 12.5 Å². The minimum absolute atomic E-state index is 0.290. The molecule has 17 heavy (non-hydrogen) atoms. The van der Waals surface area contributed by atoms with Crippen LogP contribution >= 0.6 is 0 Å². The van der Waals surface area contributed by atoms with Gasteiger partial charge in [0.1, 0.15) is 0 Å².